The lowest BCUT2D eigenvalue weighted by atomic mass is 10.2. The highest BCUT2D eigenvalue weighted by Crippen LogP contribution is 2.19. The predicted octanol–water partition coefficient (Wildman–Crippen LogP) is 3.24. The largest absolute Gasteiger partial charge is 0.423 e. The minimum Gasteiger partial charge on any atom is -0.423 e. The van der Waals surface area contributed by atoms with Gasteiger partial charge in [-0.25, -0.2) is 9.48 Å². The number of aromatic nitrogens is 3. The Balaban J connectivity index is 1.61. The van der Waals surface area contributed by atoms with E-state index in [0.717, 1.165) is 11.3 Å². The molecule has 27 heavy (non-hydrogen) atoms. The van der Waals surface area contributed by atoms with Gasteiger partial charge < -0.3 is 9.73 Å². The van der Waals surface area contributed by atoms with Gasteiger partial charge >= 0.3 is 5.63 Å². The molecule has 1 amide bonds. The van der Waals surface area contributed by atoms with Gasteiger partial charge in [0.2, 0.25) is 0 Å². The van der Waals surface area contributed by atoms with E-state index in [2.05, 4.69) is 15.6 Å². The van der Waals surface area contributed by atoms with Crippen LogP contribution in [0.1, 0.15) is 21.7 Å². The Labute approximate surface area is 154 Å². The molecule has 0 saturated carbocycles. The highest BCUT2D eigenvalue weighted by molar-refractivity contribution is 6.04. The molecule has 2 aromatic heterocycles. The summed E-state index contributed by atoms with van der Waals surface area (Å²) in [6.45, 7) is 3.80. The third kappa shape index (κ3) is 3.22. The summed E-state index contributed by atoms with van der Waals surface area (Å²) in [5, 5.41) is 11.6. The van der Waals surface area contributed by atoms with E-state index in [0.29, 0.717) is 22.4 Å². The molecular formula is C20H16N4O3. The minimum absolute atomic E-state index is 0.246. The van der Waals surface area contributed by atoms with Crippen molar-refractivity contribution < 1.29 is 9.21 Å². The average molecular weight is 360 g/mol. The maximum atomic E-state index is 12.6. The standard InChI is InChI=1S/C20H16N4O3/c1-12-3-7-16(8-4-12)24-13(2)19(22-23-24)20(26)21-15-6-9-17-14(11-15)5-10-18(25)27-17/h3-11H,1-2H3,(H,21,26). The quantitative estimate of drug-likeness (QED) is 0.567. The van der Waals surface area contributed by atoms with E-state index in [1.807, 2.05) is 31.2 Å². The molecular weight excluding hydrogens is 344 g/mol. The van der Waals surface area contributed by atoms with E-state index in [4.69, 9.17) is 4.42 Å². The van der Waals surface area contributed by atoms with Crippen LogP contribution in [-0.2, 0) is 0 Å². The molecule has 2 heterocycles. The molecule has 0 aliphatic heterocycles. The first-order chi connectivity index (χ1) is 13.0. The van der Waals surface area contributed by atoms with Crippen molar-refractivity contribution in [3.8, 4) is 5.69 Å². The number of hydrogen-bond acceptors (Lipinski definition) is 5. The van der Waals surface area contributed by atoms with Crippen molar-refractivity contribution in [1.82, 2.24) is 15.0 Å². The lowest BCUT2D eigenvalue weighted by molar-refractivity contribution is 0.102. The maximum absolute atomic E-state index is 12.6. The van der Waals surface area contributed by atoms with Crippen LogP contribution in [0.3, 0.4) is 0 Å². The maximum Gasteiger partial charge on any atom is 0.336 e. The van der Waals surface area contributed by atoms with Gasteiger partial charge in [0.15, 0.2) is 5.69 Å². The number of carbonyl (C=O) groups excluding carboxylic acids is 1. The van der Waals surface area contributed by atoms with Gasteiger partial charge in [-0.2, -0.15) is 0 Å². The van der Waals surface area contributed by atoms with Crippen molar-refractivity contribution in [1.29, 1.82) is 0 Å². The van der Waals surface area contributed by atoms with Gasteiger partial charge in [0.05, 0.1) is 11.4 Å². The highest BCUT2D eigenvalue weighted by Gasteiger charge is 2.17. The van der Waals surface area contributed by atoms with Crippen molar-refractivity contribution >= 4 is 22.6 Å². The molecule has 134 valence electrons. The Morgan fingerprint density at radius 1 is 1.04 bits per heavy atom. The first kappa shape index (κ1) is 16.7. The number of amides is 1. The van der Waals surface area contributed by atoms with Crippen molar-refractivity contribution in [2.75, 3.05) is 5.32 Å². The zero-order chi connectivity index (χ0) is 19.0. The molecule has 2 aromatic carbocycles. The molecule has 0 unspecified atom stereocenters. The van der Waals surface area contributed by atoms with Crippen molar-refractivity contribution in [2.45, 2.75) is 13.8 Å². The van der Waals surface area contributed by atoms with Crippen LogP contribution in [0.2, 0.25) is 0 Å². The molecule has 4 rings (SSSR count). The Morgan fingerprint density at radius 3 is 2.59 bits per heavy atom. The third-order valence-corrected chi connectivity index (χ3v) is 4.27. The van der Waals surface area contributed by atoms with Gasteiger partial charge in [0.1, 0.15) is 5.58 Å². The van der Waals surface area contributed by atoms with Gasteiger partial charge in [-0.15, -0.1) is 5.10 Å². The van der Waals surface area contributed by atoms with Crippen molar-refractivity contribution in [3.63, 3.8) is 0 Å². The molecule has 0 aliphatic rings. The summed E-state index contributed by atoms with van der Waals surface area (Å²) >= 11 is 0. The number of hydrogen-bond donors (Lipinski definition) is 1. The van der Waals surface area contributed by atoms with E-state index in [1.165, 1.54) is 6.07 Å². The average Bonchev–Trinajstić information content (AvgIpc) is 3.04. The predicted molar refractivity (Wildman–Crippen MR) is 101 cm³/mol. The first-order valence-corrected chi connectivity index (χ1v) is 8.36. The van der Waals surface area contributed by atoms with Gasteiger partial charge in [-0.1, -0.05) is 22.9 Å². The van der Waals surface area contributed by atoms with Crippen molar-refractivity contribution in [3.05, 3.63) is 82.0 Å². The number of nitrogens with zero attached hydrogens (tertiary/aromatic N) is 3. The number of carbonyl (C=O) groups is 1. The number of benzene rings is 2. The van der Waals surface area contributed by atoms with Crippen LogP contribution in [0.5, 0.6) is 0 Å². The van der Waals surface area contributed by atoms with E-state index in [1.54, 1.807) is 35.9 Å². The number of anilines is 1. The second-order valence-corrected chi connectivity index (χ2v) is 6.23. The normalized spacial score (nSPS) is 10.9. The molecule has 4 aromatic rings. The fourth-order valence-electron chi connectivity index (χ4n) is 2.81. The molecule has 1 N–H and O–H groups in total. The van der Waals surface area contributed by atoms with Crippen LogP contribution in [-0.4, -0.2) is 20.9 Å². The minimum atomic E-state index is -0.414. The Hall–Kier alpha value is -3.74. The topological polar surface area (TPSA) is 90.0 Å². The summed E-state index contributed by atoms with van der Waals surface area (Å²) in [4.78, 5) is 23.9. The van der Waals surface area contributed by atoms with E-state index < -0.39 is 5.63 Å². The first-order valence-electron chi connectivity index (χ1n) is 8.36. The number of fused-ring (bicyclic) bond motifs is 1. The zero-order valence-corrected chi connectivity index (χ0v) is 14.8. The van der Waals surface area contributed by atoms with E-state index >= 15 is 0 Å². The van der Waals surface area contributed by atoms with Crippen LogP contribution in [0.25, 0.3) is 16.7 Å². The summed E-state index contributed by atoms with van der Waals surface area (Å²) in [6.07, 6.45) is 0. The Kier molecular flexibility index (Phi) is 4.04. The van der Waals surface area contributed by atoms with Gasteiger partial charge in [0.25, 0.3) is 5.91 Å². The van der Waals surface area contributed by atoms with Crippen LogP contribution in [0.15, 0.2) is 63.8 Å². The lowest BCUT2D eigenvalue weighted by Crippen LogP contribution is -2.14. The number of rotatable bonds is 3. The van der Waals surface area contributed by atoms with Crippen LogP contribution < -0.4 is 10.9 Å². The summed E-state index contributed by atoms with van der Waals surface area (Å²) in [5.74, 6) is -0.359. The summed E-state index contributed by atoms with van der Waals surface area (Å²) < 4.78 is 6.72. The Morgan fingerprint density at radius 2 is 1.81 bits per heavy atom. The second-order valence-electron chi connectivity index (χ2n) is 6.23. The second kappa shape index (κ2) is 6.53. The van der Waals surface area contributed by atoms with Gasteiger partial charge in [0, 0.05) is 17.1 Å². The Bertz CT molecular complexity index is 1210. The van der Waals surface area contributed by atoms with Crippen LogP contribution in [0, 0.1) is 13.8 Å². The third-order valence-electron chi connectivity index (χ3n) is 4.27. The highest BCUT2D eigenvalue weighted by atomic mass is 16.4. The molecule has 7 nitrogen and oxygen atoms in total. The molecule has 0 fully saturated rings. The smallest absolute Gasteiger partial charge is 0.336 e. The summed E-state index contributed by atoms with van der Waals surface area (Å²) in [6, 6.07) is 15.8. The molecule has 0 bridgehead atoms. The molecule has 0 aliphatic carbocycles. The van der Waals surface area contributed by atoms with Crippen LogP contribution >= 0.6 is 0 Å². The molecule has 7 heteroatoms. The van der Waals surface area contributed by atoms with Gasteiger partial charge in [-0.05, 0) is 50.2 Å². The molecule has 0 saturated heterocycles. The van der Waals surface area contributed by atoms with Crippen LogP contribution in [0.4, 0.5) is 5.69 Å². The molecule has 0 radical (unpaired) electrons. The fraction of sp³-hybridized carbons (Fsp3) is 0.100. The number of aryl methyl sites for hydroxylation is 1. The van der Waals surface area contributed by atoms with Crippen molar-refractivity contribution in [2.24, 2.45) is 0 Å². The molecule has 0 atom stereocenters. The monoisotopic (exact) mass is 360 g/mol. The molecule has 0 spiro atoms. The summed E-state index contributed by atoms with van der Waals surface area (Å²) in [7, 11) is 0. The van der Waals surface area contributed by atoms with E-state index in [-0.39, 0.29) is 11.6 Å². The lowest BCUT2D eigenvalue weighted by Gasteiger charge is -2.06. The van der Waals surface area contributed by atoms with E-state index in [9.17, 15) is 9.59 Å². The fourth-order valence-corrected chi connectivity index (χ4v) is 2.81. The number of nitrogens with one attached hydrogen (secondary N) is 1. The zero-order valence-electron chi connectivity index (χ0n) is 14.8. The van der Waals surface area contributed by atoms with Gasteiger partial charge in [-0.3, -0.25) is 4.79 Å². The SMILES string of the molecule is Cc1ccc(-n2nnc(C(=O)Nc3ccc4oc(=O)ccc4c3)c2C)cc1. The summed E-state index contributed by atoms with van der Waals surface area (Å²) in [5.41, 5.74) is 3.49.